The Kier molecular flexibility index (Phi) is 3.19. The molecule has 0 aliphatic rings. The summed E-state index contributed by atoms with van der Waals surface area (Å²) in [4.78, 5) is 12.0. The van der Waals surface area contributed by atoms with Gasteiger partial charge in [0.25, 0.3) is 0 Å². The quantitative estimate of drug-likeness (QED) is 0.826. The van der Waals surface area contributed by atoms with Crippen LogP contribution in [0, 0.1) is 6.92 Å². The molecule has 0 saturated heterocycles. The molecule has 0 aliphatic heterocycles. The molecule has 0 amide bonds. The maximum Gasteiger partial charge on any atom is 0.177 e. The number of nitrogens with zero attached hydrogens (tertiary/aromatic N) is 2. The van der Waals surface area contributed by atoms with E-state index in [0.717, 1.165) is 35.5 Å². The molecule has 1 unspecified atom stereocenters. The van der Waals surface area contributed by atoms with Gasteiger partial charge in [-0.05, 0) is 31.9 Å². The first-order valence-corrected chi connectivity index (χ1v) is 5.73. The van der Waals surface area contributed by atoms with Crippen molar-refractivity contribution in [3.8, 4) is 0 Å². The van der Waals surface area contributed by atoms with Crippen LogP contribution in [0.3, 0.4) is 0 Å². The second-order valence-corrected chi connectivity index (χ2v) is 4.26. The van der Waals surface area contributed by atoms with Crippen molar-refractivity contribution in [3.05, 3.63) is 23.7 Å². The Labute approximate surface area is 95.5 Å². The number of hydrogen-bond acceptors (Lipinski definition) is 3. The summed E-state index contributed by atoms with van der Waals surface area (Å²) in [5.41, 5.74) is 2.96. The summed E-state index contributed by atoms with van der Waals surface area (Å²) in [7, 11) is 0. The van der Waals surface area contributed by atoms with Gasteiger partial charge >= 0.3 is 0 Å². The van der Waals surface area contributed by atoms with E-state index in [0.29, 0.717) is 6.04 Å². The lowest BCUT2D eigenvalue weighted by Gasteiger charge is -2.08. The molecule has 0 radical (unpaired) electrons. The smallest absolute Gasteiger partial charge is 0.177 e. The largest absolute Gasteiger partial charge is 0.340 e. The summed E-state index contributed by atoms with van der Waals surface area (Å²) in [6.07, 6.45) is 2.96. The van der Waals surface area contributed by atoms with Crippen molar-refractivity contribution in [2.24, 2.45) is 0 Å². The van der Waals surface area contributed by atoms with Crippen molar-refractivity contribution < 1.29 is 0 Å². The molecule has 2 heterocycles. The number of nitrogens with one attached hydrogen (secondary N) is 2. The lowest BCUT2D eigenvalue weighted by Crippen LogP contribution is -2.24. The molecular formula is C12H18N4. The fourth-order valence-corrected chi connectivity index (χ4v) is 1.55. The van der Waals surface area contributed by atoms with E-state index in [1.54, 1.807) is 0 Å². The summed E-state index contributed by atoms with van der Waals surface area (Å²) in [6, 6.07) is 2.59. The third-order valence-corrected chi connectivity index (χ3v) is 2.75. The molecule has 0 fully saturated rings. The Balaban J connectivity index is 2.13. The number of hydrogen-bond donors (Lipinski definition) is 2. The van der Waals surface area contributed by atoms with E-state index >= 15 is 0 Å². The van der Waals surface area contributed by atoms with Crippen molar-refractivity contribution in [2.45, 2.75) is 39.8 Å². The molecule has 2 aromatic heterocycles. The fourth-order valence-electron chi connectivity index (χ4n) is 1.55. The zero-order valence-corrected chi connectivity index (χ0v) is 10.0. The van der Waals surface area contributed by atoms with Crippen LogP contribution < -0.4 is 5.32 Å². The van der Waals surface area contributed by atoms with Crippen LogP contribution in [0.5, 0.6) is 0 Å². The van der Waals surface area contributed by atoms with Gasteiger partial charge in [0, 0.05) is 12.2 Å². The minimum atomic E-state index is 0.517. The Morgan fingerprint density at radius 3 is 3.06 bits per heavy atom. The molecule has 4 heteroatoms. The maximum atomic E-state index is 4.43. The molecular weight excluding hydrogens is 200 g/mol. The van der Waals surface area contributed by atoms with E-state index in [1.165, 1.54) is 0 Å². The average molecular weight is 218 g/mol. The van der Waals surface area contributed by atoms with Crippen LogP contribution in [0.15, 0.2) is 12.3 Å². The van der Waals surface area contributed by atoms with Crippen molar-refractivity contribution >= 4 is 11.2 Å². The summed E-state index contributed by atoms with van der Waals surface area (Å²) < 4.78 is 0. The van der Waals surface area contributed by atoms with Crippen LogP contribution in [0.2, 0.25) is 0 Å². The maximum absolute atomic E-state index is 4.43. The Morgan fingerprint density at radius 1 is 1.50 bits per heavy atom. The van der Waals surface area contributed by atoms with Crippen LogP contribution >= 0.6 is 0 Å². The zero-order valence-electron chi connectivity index (χ0n) is 10.0. The fraction of sp³-hybridized carbons (Fsp3) is 0.500. The van der Waals surface area contributed by atoms with E-state index < -0.39 is 0 Å². The van der Waals surface area contributed by atoms with Crippen LogP contribution in [-0.4, -0.2) is 21.0 Å². The molecule has 2 N–H and O–H groups in total. The molecule has 4 nitrogen and oxygen atoms in total. The van der Waals surface area contributed by atoms with Gasteiger partial charge in [0.1, 0.15) is 5.82 Å². The number of H-pyrrole nitrogens is 1. The topological polar surface area (TPSA) is 53.6 Å². The van der Waals surface area contributed by atoms with Gasteiger partial charge in [0.15, 0.2) is 5.65 Å². The van der Waals surface area contributed by atoms with Crippen LogP contribution in [0.25, 0.3) is 11.2 Å². The first kappa shape index (κ1) is 11.1. The first-order chi connectivity index (χ1) is 7.69. The molecule has 0 aromatic carbocycles. The van der Waals surface area contributed by atoms with E-state index in [9.17, 15) is 0 Å². The number of imidazole rings is 1. The van der Waals surface area contributed by atoms with Crippen molar-refractivity contribution in [3.63, 3.8) is 0 Å². The lowest BCUT2D eigenvalue weighted by molar-refractivity contribution is 0.525. The van der Waals surface area contributed by atoms with Gasteiger partial charge in [-0.2, -0.15) is 0 Å². The molecule has 86 valence electrons. The summed E-state index contributed by atoms with van der Waals surface area (Å²) in [5.74, 6) is 0.952. The molecule has 2 rings (SSSR count). The van der Waals surface area contributed by atoms with Crippen molar-refractivity contribution in [1.82, 2.24) is 20.3 Å². The molecule has 1 atom stereocenters. The summed E-state index contributed by atoms with van der Waals surface area (Å²) in [5, 5.41) is 3.40. The highest BCUT2D eigenvalue weighted by molar-refractivity contribution is 5.70. The van der Waals surface area contributed by atoms with Gasteiger partial charge in [0.05, 0.1) is 12.1 Å². The third kappa shape index (κ3) is 2.39. The van der Waals surface area contributed by atoms with Crippen molar-refractivity contribution in [1.29, 1.82) is 0 Å². The summed E-state index contributed by atoms with van der Waals surface area (Å²) >= 11 is 0. The van der Waals surface area contributed by atoms with Gasteiger partial charge in [-0.3, -0.25) is 0 Å². The Hall–Kier alpha value is -1.42. The summed E-state index contributed by atoms with van der Waals surface area (Å²) in [6.45, 7) is 7.14. The highest BCUT2D eigenvalue weighted by Gasteiger charge is 2.04. The van der Waals surface area contributed by atoms with Gasteiger partial charge in [0.2, 0.25) is 0 Å². The predicted octanol–water partition coefficient (Wildman–Crippen LogP) is 2.15. The zero-order chi connectivity index (χ0) is 11.5. The van der Waals surface area contributed by atoms with Crippen LogP contribution in [0.1, 0.15) is 31.7 Å². The first-order valence-electron chi connectivity index (χ1n) is 5.73. The van der Waals surface area contributed by atoms with Gasteiger partial charge in [-0.15, -0.1) is 0 Å². The third-order valence-electron chi connectivity index (χ3n) is 2.75. The van der Waals surface area contributed by atoms with Crippen LogP contribution in [-0.2, 0) is 6.54 Å². The highest BCUT2D eigenvalue weighted by Crippen LogP contribution is 2.10. The van der Waals surface area contributed by atoms with Crippen LogP contribution in [0.4, 0.5) is 0 Å². The van der Waals surface area contributed by atoms with E-state index in [2.05, 4.69) is 40.2 Å². The molecule has 0 saturated carbocycles. The van der Waals surface area contributed by atoms with Crippen molar-refractivity contribution in [2.75, 3.05) is 0 Å². The predicted molar refractivity (Wildman–Crippen MR) is 65.2 cm³/mol. The van der Waals surface area contributed by atoms with E-state index in [1.807, 2.05) is 13.1 Å². The SMILES string of the molecule is CCC(C)NCc1nc2ncc(C)cc2[nH]1. The second-order valence-electron chi connectivity index (χ2n) is 4.26. The molecule has 16 heavy (non-hydrogen) atoms. The second kappa shape index (κ2) is 4.61. The average Bonchev–Trinajstić information content (AvgIpc) is 2.67. The standard InChI is InChI=1S/C12H18N4/c1-4-9(3)13-7-11-15-10-5-8(2)6-14-12(10)16-11/h5-6,9,13H,4,7H2,1-3H3,(H,14,15,16). The van der Waals surface area contributed by atoms with Gasteiger partial charge < -0.3 is 10.3 Å². The number of rotatable bonds is 4. The molecule has 0 spiro atoms. The Bertz CT molecular complexity index is 475. The molecule has 0 bridgehead atoms. The molecule has 0 aliphatic carbocycles. The number of aromatic amines is 1. The number of aromatic nitrogens is 3. The Morgan fingerprint density at radius 2 is 2.31 bits per heavy atom. The minimum absolute atomic E-state index is 0.517. The van der Waals surface area contributed by atoms with E-state index in [4.69, 9.17) is 0 Å². The number of fused-ring (bicyclic) bond motifs is 1. The number of pyridine rings is 1. The monoisotopic (exact) mass is 218 g/mol. The number of aryl methyl sites for hydroxylation is 1. The van der Waals surface area contributed by atoms with Gasteiger partial charge in [-0.25, -0.2) is 9.97 Å². The molecule has 2 aromatic rings. The normalized spacial score (nSPS) is 13.2. The minimum Gasteiger partial charge on any atom is -0.340 e. The van der Waals surface area contributed by atoms with E-state index in [-0.39, 0.29) is 0 Å². The highest BCUT2D eigenvalue weighted by atomic mass is 15.0. The lowest BCUT2D eigenvalue weighted by atomic mass is 10.2. The van der Waals surface area contributed by atoms with Gasteiger partial charge in [-0.1, -0.05) is 6.92 Å².